The van der Waals surface area contributed by atoms with Crippen LogP contribution in [0.1, 0.15) is 6.92 Å². The normalized spacial score (nSPS) is 9.64. The number of nitrogens with zero attached hydrogens (tertiary/aromatic N) is 2. The molecule has 4 nitrogen and oxygen atoms in total. The molecule has 0 unspecified atom stereocenters. The zero-order valence-electron chi connectivity index (χ0n) is 6.13. The van der Waals surface area contributed by atoms with E-state index in [2.05, 4.69) is 15.3 Å². The third-order valence-electron chi connectivity index (χ3n) is 1.13. The second-order valence-corrected chi connectivity index (χ2v) is 2.31. The van der Waals surface area contributed by atoms with E-state index in [1.807, 2.05) is 6.92 Å². The fourth-order valence-electron chi connectivity index (χ4n) is 0.679. The van der Waals surface area contributed by atoms with E-state index in [0.29, 0.717) is 11.5 Å². The highest BCUT2D eigenvalue weighted by molar-refractivity contribution is 6.28. The summed E-state index contributed by atoms with van der Waals surface area (Å²) in [6, 6.07) is 0. The average molecular weight is 173 g/mol. The van der Waals surface area contributed by atoms with Gasteiger partial charge in [-0.15, -0.1) is 0 Å². The molecule has 0 saturated carbocycles. The lowest BCUT2D eigenvalue weighted by molar-refractivity contribution is 1.11. The highest BCUT2D eigenvalue weighted by atomic mass is 35.5. The quantitative estimate of drug-likeness (QED) is 0.657. The first kappa shape index (κ1) is 8.07. The molecule has 0 spiro atoms. The van der Waals surface area contributed by atoms with E-state index in [0.717, 1.165) is 6.54 Å². The van der Waals surface area contributed by atoms with Crippen LogP contribution in [0.5, 0.6) is 0 Å². The van der Waals surface area contributed by atoms with Crippen molar-refractivity contribution >= 4 is 23.1 Å². The Bertz CT molecular complexity index is 250. The van der Waals surface area contributed by atoms with Crippen LogP contribution in [0, 0.1) is 0 Å². The summed E-state index contributed by atoms with van der Waals surface area (Å²) in [6.45, 7) is 2.72. The molecule has 0 bridgehead atoms. The number of nitrogens with one attached hydrogen (secondary N) is 1. The SMILES string of the molecule is CCNc1nc(Cl)ncc1N. The lowest BCUT2D eigenvalue weighted by atomic mass is 10.5. The van der Waals surface area contributed by atoms with Gasteiger partial charge in [0.1, 0.15) is 0 Å². The highest BCUT2D eigenvalue weighted by Gasteiger charge is 1.99. The van der Waals surface area contributed by atoms with Crippen LogP contribution in [0.4, 0.5) is 11.5 Å². The van der Waals surface area contributed by atoms with Gasteiger partial charge in [-0.05, 0) is 18.5 Å². The molecule has 1 aromatic heterocycles. The van der Waals surface area contributed by atoms with Gasteiger partial charge in [-0.1, -0.05) is 0 Å². The molecule has 0 amide bonds. The van der Waals surface area contributed by atoms with Crippen molar-refractivity contribution in [2.45, 2.75) is 6.92 Å². The van der Waals surface area contributed by atoms with E-state index >= 15 is 0 Å². The molecular weight excluding hydrogens is 164 g/mol. The van der Waals surface area contributed by atoms with E-state index in [1.54, 1.807) is 0 Å². The first-order valence-electron chi connectivity index (χ1n) is 3.26. The Morgan fingerprint density at radius 1 is 1.73 bits per heavy atom. The highest BCUT2D eigenvalue weighted by Crippen LogP contribution is 2.14. The predicted octanol–water partition coefficient (Wildman–Crippen LogP) is 1.14. The molecule has 1 heterocycles. The Hall–Kier alpha value is -1.03. The summed E-state index contributed by atoms with van der Waals surface area (Å²) in [5, 5.41) is 3.16. The summed E-state index contributed by atoms with van der Waals surface area (Å²) in [6.07, 6.45) is 1.48. The lowest BCUT2D eigenvalue weighted by Crippen LogP contribution is -2.04. The number of nitrogens with two attached hydrogens (primary N) is 1. The molecule has 3 N–H and O–H groups in total. The summed E-state index contributed by atoms with van der Waals surface area (Å²) in [7, 11) is 0. The smallest absolute Gasteiger partial charge is 0.224 e. The van der Waals surface area contributed by atoms with Gasteiger partial charge in [0, 0.05) is 6.54 Å². The van der Waals surface area contributed by atoms with Gasteiger partial charge in [-0.2, -0.15) is 4.98 Å². The van der Waals surface area contributed by atoms with Crippen LogP contribution in [-0.4, -0.2) is 16.5 Å². The van der Waals surface area contributed by atoms with Gasteiger partial charge >= 0.3 is 0 Å². The van der Waals surface area contributed by atoms with Gasteiger partial charge < -0.3 is 11.1 Å². The van der Waals surface area contributed by atoms with Crippen LogP contribution in [0.3, 0.4) is 0 Å². The maximum Gasteiger partial charge on any atom is 0.224 e. The van der Waals surface area contributed by atoms with Crippen molar-refractivity contribution in [3.63, 3.8) is 0 Å². The lowest BCUT2D eigenvalue weighted by Gasteiger charge is -2.03. The second-order valence-electron chi connectivity index (χ2n) is 1.97. The molecule has 0 aromatic carbocycles. The third-order valence-corrected chi connectivity index (χ3v) is 1.31. The van der Waals surface area contributed by atoms with Crippen LogP contribution < -0.4 is 11.1 Å². The summed E-state index contributed by atoms with van der Waals surface area (Å²) >= 11 is 5.53. The summed E-state index contributed by atoms with van der Waals surface area (Å²) in [5.41, 5.74) is 6.04. The molecule has 0 aliphatic heterocycles. The van der Waals surface area contributed by atoms with Crippen LogP contribution in [0.2, 0.25) is 5.28 Å². The van der Waals surface area contributed by atoms with Crippen LogP contribution in [0.15, 0.2) is 6.20 Å². The average Bonchev–Trinajstić information content (AvgIpc) is 1.98. The minimum Gasteiger partial charge on any atom is -0.394 e. The molecular formula is C6H9ClN4. The first-order chi connectivity index (χ1) is 5.24. The molecule has 5 heteroatoms. The Morgan fingerprint density at radius 2 is 2.45 bits per heavy atom. The zero-order valence-corrected chi connectivity index (χ0v) is 6.89. The van der Waals surface area contributed by atoms with Crippen LogP contribution in [0.25, 0.3) is 0 Å². The van der Waals surface area contributed by atoms with E-state index in [-0.39, 0.29) is 5.28 Å². The summed E-state index contributed by atoms with van der Waals surface area (Å²) in [5.74, 6) is 0.590. The molecule has 11 heavy (non-hydrogen) atoms. The van der Waals surface area contributed by atoms with Crippen molar-refractivity contribution in [3.8, 4) is 0 Å². The number of aromatic nitrogens is 2. The van der Waals surface area contributed by atoms with Gasteiger partial charge in [-0.25, -0.2) is 4.98 Å². The van der Waals surface area contributed by atoms with E-state index in [9.17, 15) is 0 Å². The molecule has 0 aliphatic carbocycles. The van der Waals surface area contributed by atoms with Gasteiger partial charge in [-0.3, -0.25) is 0 Å². The number of nitrogen functional groups attached to an aromatic ring is 1. The number of halogens is 1. The van der Waals surface area contributed by atoms with Crippen molar-refractivity contribution in [1.82, 2.24) is 9.97 Å². The molecule has 1 aromatic rings. The van der Waals surface area contributed by atoms with Crippen LogP contribution >= 0.6 is 11.6 Å². The van der Waals surface area contributed by atoms with E-state index in [4.69, 9.17) is 17.3 Å². The fourth-order valence-corrected chi connectivity index (χ4v) is 0.812. The largest absolute Gasteiger partial charge is 0.394 e. The third kappa shape index (κ3) is 1.94. The molecule has 0 radical (unpaired) electrons. The van der Waals surface area contributed by atoms with Crippen molar-refractivity contribution in [1.29, 1.82) is 0 Å². The van der Waals surface area contributed by atoms with Gasteiger partial charge in [0.15, 0.2) is 5.82 Å². The maximum absolute atomic E-state index is 5.53. The Morgan fingerprint density at radius 3 is 3.09 bits per heavy atom. The Balaban J connectivity index is 2.93. The second kappa shape index (κ2) is 3.39. The molecule has 0 saturated heterocycles. The van der Waals surface area contributed by atoms with Gasteiger partial charge in [0.2, 0.25) is 5.28 Å². The topological polar surface area (TPSA) is 63.8 Å². The summed E-state index contributed by atoms with van der Waals surface area (Å²) in [4.78, 5) is 7.59. The molecule has 0 fully saturated rings. The van der Waals surface area contributed by atoms with Gasteiger partial charge in [0.25, 0.3) is 0 Å². The molecule has 0 aliphatic rings. The first-order valence-corrected chi connectivity index (χ1v) is 3.63. The van der Waals surface area contributed by atoms with Crippen molar-refractivity contribution in [2.75, 3.05) is 17.6 Å². The standard InChI is InChI=1S/C6H9ClN4/c1-2-9-5-4(8)3-10-6(7)11-5/h3H,2,8H2,1H3,(H,9,10,11). The number of hydrogen-bond donors (Lipinski definition) is 2. The minimum absolute atomic E-state index is 0.204. The number of hydrogen-bond acceptors (Lipinski definition) is 4. The van der Waals surface area contributed by atoms with Crippen molar-refractivity contribution in [3.05, 3.63) is 11.5 Å². The zero-order chi connectivity index (χ0) is 8.27. The molecule has 60 valence electrons. The monoisotopic (exact) mass is 172 g/mol. The minimum atomic E-state index is 0.204. The maximum atomic E-state index is 5.53. The molecule has 1 rings (SSSR count). The number of rotatable bonds is 2. The van der Waals surface area contributed by atoms with Crippen LogP contribution in [-0.2, 0) is 0 Å². The number of anilines is 2. The van der Waals surface area contributed by atoms with Crippen molar-refractivity contribution in [2.24, 2.45) is 0 Å². The van der Waals surface area contributed by atoms with Crippen molar-refractivity contribution < 1.29 is 0 Å². The van der Waals surface area contributed by atoms with E-state index in [1.165, 1.54) is 6.20 Å². The summed E-state index contributed by atoms with van der Waals surface area (Å²) < 4.78 is 0. The fraction of sp³-hybridized carbons (Fsp3) is 0.333. The van der Waals surface area contributed by atoms with Gasteiger partial charge in [0.05, 0.1) is 11.9 Å². The predicted molar refractivity (Wildman–Crippen MR) is 45.6 cm³/mol. The Kier molecular flexibility index (Phi) is 2.48. The Labute approximate surface area is 69.8 Å². The van der Waals surface area contributed by atoms with E-state index < -0.39 is 0 Å². The molecule has 0 atom stereocenters.